The number of rotatable bonds is 16. The SMILES string of the molecule is CCCCCCCCOC(=O)/C(O)=C(\O)C(=O)OCCCCCCCC. The summed E-state index contributed by atoms with van der Waals surface area (Å²) in [6.07, 6.45) is 12.4. The third kappa shape index (κ3) is 12.6. The first-order valence-electron chi connectivity index (χ1n) is 10.0. The zero-order chi connectivity index (χ0) is 19.6. The predicted octanol–water partition coefficient (Wildman–Crippen LogP) is 5.12. The third-order valence-corrected chi connectivity index (χ3v) is 4.07. The van der Waals surface area contributed by atoms with Gasteiger partial charge in [0.2, 0.25) is 0 Å². The standard InChI is InChI=1S/C20H36O6/c1-3-5-7-9-11-13-15-25-19(23)17(21)18(22)20(24)26-16-14-12-10-8-6-4-2/h21-22H,3-16H2,1-2H3/b18-17+. The lowest BCUT2D eigenvalue weighted by atomic mass is 10.1. The molecule has 0 aromatic heterocycles. The summed E-state index contributed by atoms with van der Waals surface area (Å²) >= 11 is 0. The summed E-state index contributed by atoms with van der Waals surface area (Å²) in [6, 6.07) is 0. The molecule has 0 atom stereocenters. The lowest BCUT2D eigenvalue weighted by Gasteiger charge is -2.07. The van der Waals surface area contributed by atoms with E-state index in [9.17, 15) is 19.8 Å². The van der Waals surface area contributed by atoms with Crippen LogP contribution in [-0.2, 0) is 19.1 Å². The average Bonchev–Trinajstić information content (AvgIpc) is 2.64. The highest BCUT2D eigenvalue weighted by molar-refractivity contribution is 5.96. The smallest absolute Gasteiger partial charge is 0.377 e. The van der Waals surface area contributed by atoms with Crippen molar-refractivity contribution < 1.29 is 29.3 Å². The van der Waals surface area contributed by atoms with Gasteiger partial charge >= 0.3 is 11.9 Å². The Kier molecular flexibility index (Phi) is 15.6. The second-order valence-electron chi connectivity index (χ2n) is 6.50. The maximum Gasteiger partial charge on any atom is 0.377 e. The summed E-state index contributed by atoms with van der Waals surface area (Å²) < 4.78 is 9.70. The van der Waals surface area contributed by atoms with E-state index in [1.54, 1.807) is 0 Å². The Labute approximate surface area is 157 Å². The van der Waals surface area contributed by atoms with Gasteiger partial charge in [-0.1, -0.05) is 78.1 Å². The van der Waals surface area contributed by atoms with E-state index in [-0.39, 0.29) is 13.2 Å². The molecule has 0 radical (unpaired) electrons. The van der Waals surface area contributed by atoms with Crippen molar-refractivity contribution in [1.29, 1.82) is 0 Å². The van der Waals surface area contributed by atoms with E-state index in [4.69, 9.17) is 9.47 Å². The molecule has 0 aromatic rings. The Morgan fingerprint density at radius 2 is 0.885 bits per heavy atom. The predicted molar refractivity (Wildman–Crippen MR) is 101 cm³/mol. The van der Waals surface area contributed by atoms with Crippen LogP contribution in [0, 0.1) is 0 Å². The molecule has 0 saturated carbocycles. The van der Waals surface area contributed by atoms with Crippen LogP contribution < -0.4 is 0 Å². The second-order valence-corrected chi connectivity index (χ2v) is 6.50. The van der Waals surface area contributed by atoms with Crippen molar-refractivity contribution in [3.63, 3.8) is 0 Å². The monoisotopic (exact) mass is 372 g/mol. The lowest BCUT2D eigenvalue weighted by Crippen LogP contribution is -2.17. The summed E-state index contributed by atoms with van der Waals surface area (Å²) in [5, 5.41) is 19.2. The van der Waals surface area contributed by atoms with E-state index in [0.717, 1.165) is 38.5 Å². The van der Waals surface area contributed by atoms with Crippen LogP contribution in [0.1, 0.15) is 90.9 Å². The Morgan fingerprint density at radius 3 is 1.23 bits per heavy atom. The van der Waals surface area contributed by atoms with Gasteiger partial charge in [0.25, 0.3) is 11.5 Å². The van der Waals surface area contributed by atoms with Crippen LogP contribution in [0.5, 0.6) is 0 Å². The minimum atomic E-state index is -1.10. The van der Waals surface area contributed by atoms with E-state index < -0.39 is 23.5 Å². The van der Waals surface area contributed by atoms with Gasteiger partial charge in [0.15, 0.2) is 0 Å². The Balaban J connectivity index is 3.94. The number of carbonyl (C=O) groups excluding carboxylic acids is 2. The van der Waals surface area contributed by atoms with Crippen molar-refractivity contribution in [3.8, 4) is 0 Å². The van der Waals surface area contributed by atoms with Gasteiger partial charge in [-0.25, -0.2) is 9.59 Å². The maximum absolute atomic E-state index is 11.6. The molecule has 0 spiro atoms. The Bertz CT molecular complexity index is 379. The molecule has 0 unspecified atom stereocenters. The topological polar surface area (TPSA) is 93.1 Å². The summed E-state index contributed by atoms with van der Waals surface area (Å²) in [4.78, 5) is 23.2. The van der Waals surface area contributed by atoms with Crippen molar-refractivity contribution in [2.24, 2.45) is 0 Å². The molecule has 0 amide bonds. The van der Waals surface area contributed by atoms with Crippen LogP contribution in [0.15, 0.2) is 11.5 Å². The number of aliphatic hydroxyl groups excluding tert-OH is 2. The van der Waals surface area contributed by atoms with Crippen LogP contribution >= 0.6 is 0 Å². The van der Waals surface area contributed by atoms with Gasteiger partial charge < -0.3 is 19.7 Å². The molecule has 0 aliphatic heterocycles. The molecule has 0 heterocycles. The normalized spacial score (nSPS) is 11.8. The van der Waals surface area contributed by atoms with Gasteiger partial charge in [-0.15, -0.1) is 0 Å². The van der Waals surface area contributed by atoms with E-state index in [1.807, 2.05) is 0 Å². The summed E-state index contributed by atoms with van der Waals surface area (Å²) in [5.74, 6) is -4.40. The first-order valence-corrected chi connectivity index (χ1v) is 10.0. The van der Waals surface area contributed by atoms with Crippen LogP contribution in [-0.4, -0.2) is 35.4 Å². The molecule has 6 nitrogen and oxygen atoms in total. The van der Waals surface area contributed by atoms with Gasteiger partial charge in [-0.05, 0) is 12.8 Å². The largest absolute Gasteiger partial charge is 0.499 e. The Morgan fingerprint density at radius 1 is 0.577 bits per heavy atom. The number of hydrogen-bond donors (Lipinski definition) is 2. The second kappa shape index (κ2) is 16.7. The lowest BCUT2D eigenvalue weighted by molar-refractivity contribution is -0.147. The van der Waals surface area contributed by atoms with Crippen LogP contribution in [0.25, 0.3) is 0 Å². The number of unbranched alkanes of at least 4 members (excludes halogenated alkanes) is 10. The molecule has 152 valence electrons. The zero-order valence-corrected chi connectivity index (χ0v) is 16.4. The number of esters is 2. The fourth-order valence-electron chi connectivity index (χ4n) is 2.42. The van der Waals surface area contributed by atoms with Crippen LogP contribution in [0.4, 0.5) is 0 Å². The van der Waals surface area contributed by atoms with E-state index >= 15 is 0 Å². The fourth-order valence-corrected chi connectivity index (χ4v) is 2.42. The van der Waals surface area contributed by atoms with E-state index in [0.29, 0.717) is 12.8 Å². The van der Waals surface area contributed by atoms with Crippen molar-refractivity contribution in [1.82, 2.24) is 0 Å². The van der Waals surface area contributed by atoms with E-state index in [1.165, 1.54) is 25.7 Å². The van der Waals surface area contributed by atoms with Gasteiger partial charge in [-0.2, -0.15) is 0 Å². The molecule has 0 aromatic carbocycles. The quantitative estimate of drug-likeness (QED) is 0.169. The molecule has 0 bridgehead atoms. The molecular weight excluding hydrogens is 336 g/mol. The van der Waals surface area contributed by atoms with E-state index in [2.05, 4.69) is 13.8 Å². The third-order valence-electron chi connectivity index (χ3n) is 4.07. The molecule has 0 fully saturated rings. The number of ether oxygens (including phenoxy) is 2. The zero-order valence-electron chi connectivity index (χ0n) is 16.4. The first kappa shape index (κ1) is 24.3. The number of aliphatic hydroxyl groups is 2. The number of carbonyl (C=O) groups is 2. The molecule has 0 aliphatic rings. The minimum Gasteiger partial charge on any atom is -0.499 e. The average molecular weight is 373 g/mol. The highest BCUT2D eigenvalue weighted by Gasteiger charge is 2.22. The van der Waals surface area contributed by atoms with Crippen molar-refractivity contribution in [3.05, 3.63) is 11.5 Å². The van der Waals surface area contributed by atoms with Crippen LogP contribution in [0.3, 0.4) is 0 Å². The van der Waals surface area contributed by atoms with Gasteiger partial charge in [0.1, 0.15) is 0 Å². The maximum atomic E-state index is 11.6. The van der Waals surface area contributed by atoms with Crippen molar-refractivity contribution in [2.75, 3.05) is 13.2 Å². The highest BCUT2D eigenvalue weighted by atomic mass is 16.6. The molecule has 2 N–H and O–H groups in total. The summed E-state index contributed by atoms with van der Waals surface area (Å²) in [5.41, 5.74) is 0. The van der Waals surface area contributed by atoms with Crippen molar-refractivity contribution >= 4 is 11.9 Å². The molecule has 26 heavy (non-hydrogen) atoms. The minimum absolute atomic E-state index is 0.148. The molecule has 0 rings (SSSR count). The number of hydrogen-bond acceptors (Lipinski definition) is 6. The van der Waals surface area contributed by atoms with Gasteiger partial charge in [0, 0.05) is 0 Å². The Hall–Kier alpha value is -1.72. The van der Waals surface area contributed by atoms with Crippen LogP contribution in [0.2, 0.25) is 0 Å². The van der Waals surface area contributed by atoms with Gasteiger partial charge in [0.05, 0.1) is 13.2 Å². The molecule has 0 saturated heterocycles. The van der Waals surface area contributed by atoms with Gasteiger partial charge in [-0.3, -0.25) is 0 Å². The molecule has 0 aliphatic carbocycles. The first-order chi connectivity index (χ1) is 12.5. The summed E-state index contributed by atoms with van der Waals surface area (Å²) in [6.45, 7) is 4.58. The van der Waals surface area contributed by atoms with Crippen molar-refractivity contribution in [2.45, 2.75) is 90.9 Å². The summed E-state index contributed by atoms with van der Waals surface area (Å²) in [7, 11) is 0. The fraction of sp³-hybridized carbons (Fsp3) is 0.800. The highest BCUT2D eigenvalue weighted by Crippen LogP contribution is 2.08. The molecule has 6 heteroatoms. The molecular formula is C20H36O6.